The van der Waals surface area contributed by atoms with Crippen molar-refractivity contribution in [3.63, 3.8) is 0 Å². The number of carbonyl (C=O) groups excluding carboxylic acids is 2. The lowest BCUT2D eigenvalue weighted by Crippen LogP contribution is -2.55. The van der Waals surface area contributed by atoms with Crippen LogP contribution in [0.25, 0.3) is 0 Å². The molecule has 1 N–H and O–H groups in total. The van der Waals surface area contributed by atoms with Crippen molar-refractivity contribution in [3.8, 4) is 0 Å². The molecular weight excluding hydrogens is 196 g/mol. The first-order valence-electron chi connectivity index (χ1n) is 5.27. The van der Waals surface area contributed by atoms with E-state index in [2.05, 4.69) is 5.32 Å². The third kappa shape index (κ3) is 2.28. The molecule has 2 amide bonds. The first-order chi connectivity index (χ1) is 7.09. The van der Waals surface area contributed by atoms with Crippen LogP contribution in [0.1, 0.15) is 19.8 Å². The van der Waals surface area contributed by atoms with Gasteiger partial charge in [0.2, 0.25) is 11.8 Å². The number of piperazine rings is 1. The maximum absolute atomic E-state index is 11.5. The van der Waals surface area contributed by atoms with E-state index in [1.807, 2.05) is 6.92 Å². The van der Waals surface area contributed by atoms with Gasteiger partial charge in [-0.25, -0.2) is 0 Å². The highest BCUT2D eigenvalue weighted by Gasteiger charge is 2.35. The molecule has 0 aromatic rings. The molecule has 1 atom stereocenters. The van der Waals surface area contributed by atoms with Crippen LogP contribution in [0.3, 0.4) is 0 Å². The van der Waals surface area contributed by atoms with Gasteiger partial charge >= 0.3 is 0 Å². The second kappa shape index (κ2) is 3.81. The van der Waals surface area contributed by atoms with Gasteiger partial charge in [0.1, 0.15) is 0 Å². The van der Waals surface area contributed by atoms with Gasteiger partial charge in [0, 0.05) is 6.61 Å². The summed E-state index contributed by atoms with van der Waals surface area (Å²) in [5, 5.41) is 2.53. The Morgan fingerprint density at radius 1 is 1.53 bits per heavy atom. The number of ether oxygens (including phenoxy) is 1. The minimum atomic E-state index is -0.257. The van der Waals surface area contributed by atoms with Crippen LogP contribution in [-0.2, 0) is 14.3 Å². The molecule has 2 saturated heterocycles. The van der Waals surface area contributed by atoms with Crippen molar-refractivity contribution in [2.75, 3.05) is 26.2 Å². The van der Waals surface area contributed by atoms with Crippen molar-refractivity contribution in [1.29, 1.82) is 0 Å². The summed E-state index contributed by atoms with van der Waals surface area (Å²) in [6, 6.07) is 0. The van der Waals surface area contributed by atoms with Gasteiger partial charge in [-0.05, 0) is 19.8 Å². The highest BCUT2D eigenvalue weighted by atomic mass is 16.5. The van der Waals surface area contributed by atoms with Crippen LogP contribution in [0.4, 0.5) is 0 Å². The standard InChI is InChI=1S/C10H16N2O3/c1-10(3-2-4-15-10)7-12-6-8(13)11-5-9(12)14/h2-7H2,1H3,(H,11,13). The fraction of sp³-hybridized carbons (Fsp3) is 0.800. The molecule has 2 rings (SSSR count). The van der Waals surface area contributed by atoms with E-state index < -0.39 is 0 Å². The molecule has 2 heterocycles. The van der Waals surface area contributed by atoms with Gasteiger partial charge in [-0.2, -0.15) is 0 Å². The molecule has 2 aliphatic rings. The van der Waals surface area contributed by atoms with E-state index in [1.54, 1.807) is 4.90 Å². The van der Waals surface area contributed by atoms with E-state index in [4.69, 9.17) is 4.74 Å². The fourth-order valence-corrected chi connectivity index (χ4v) is 2.11. The predicted octanol–water partition coefficient (Wildman–Crippen LogP) is -0.486. The Labute approximate surface area is 88.8 Å². The monoisotopic (exact) mass is 212 g/mol. The van der Waals surface area contributed by atoms with Gasteiger partial charge in [0.25, 0.3) is 0 Å². The van der Waals surface area contributed by atoms with Gasteiger partial charge in [-0.3, -0.25) is 9.59 Å². The molecule has 5 heteroatoms. The van der Waals surface area contributed by atoms with E-state index in [9.17, 15) is 9.59 Å². The fourth-order valence-electron chi connectivity index (χ4n) is 2.11. The molecule has 0 aromatic carbocycles. The Bertz CT molecular complexity index is 284. The number of nitrogens with one attached hydrogen (secondary N) is 1. The van der Waals surface area contributed by atoms with E-state index in [0.717, 1.165) is 19.4 Å². The topological polar surface area (TPSA) is 58.6 Å². The molecule has 0 spiro atoms. The lowest BCUT2D eigenvalue weighted by molar-refractivity contribution is -0.143. The summed E-state index contributed by atoms with van der Waals surface area (Å²) < 4.78 is 5.60. The van der Waals surface area contributed by atoms with Crippen molar-refractivity contribution >= 4 is 11.8 Å². The number of nitrogens with zero attached hydrogens (tertiary/aromatic N) is 1. The molecule has 0 saturated carbocycles. The summed E-state index contributed by atoms with van der Waals surface area (Å²) >= 11 is 0. The second-order valence-corrected chi connectivity index (χ2v) is 4.43. The molecule has 0 aliphatic carbocycles. The van der Waals surface area contributed by atoms with Crippen molar-refractivity contribution in [2.24, 2.45) is 0 Å². The van der Waals surface area contributed by atoms with Crippen molar-refractivity contribution in [2.45, 2.75) is 25.4 Å². The highest BCUT2D eigenvalue weighted by molar-refractivity contribution is 5.92. The molecule has 2 fully saturated rings. The number of amides is 2. The summed E-state index contributed by atoms with van der Waals surface area (Å²) in [6.45, 7) is 3.57. The average molecular weight is 212 g/mol. The quantitative estimate of drug-likeness (QED) is 0.672. The van der Waals surface area contributed by atoms with Gasteiger partial charge < -0.3 is 15.0 Å². The third-order valence-corrected chi connectivity index (χ3v) is 2.95. The van der Waals surface area contributed by atoms with Gasteiger partial charge in [-0.1, -0.05) is 0 Å². The van der Waals surface area contributed by atoms with E-state index >= 15 is 0 Å². The van der Waals surface area contributed by atoms with Crippen molar-refractivity contribution < 1.29 is 14.3 Å². The molecule has 1 unspecified atom stereocenters. The summed E-state index contributed by atoms with van der Waals surface area (Å²) in [4.78, 5) is 24.3. The minimum absolute atomic E-state index is 0.0219. The smallest absolute Gasteiger partial charge is 0.242 e. The van der Waals surface area contributed by atoms with Crippen molar-refractivity contribution in [3.05, 3.63) is 0 Å². The van der Waals surface area contributed by atoms with E-state index in [-0.39, 0.29) is 30.5 Å². The molecular formula is C10H16N2O3. The van der Waals surface area contributed by atoms with Crippen LogP contribution in [0.5, 0.6) is 0 Å². The summed E-state index contributed by atoms with van der Waals surface area (Å²) in [7, 11) is 0. The third-order valence-electron chi connectivity index (χ3n) is 2.95. The van der Waals surface area contributed by atoms with Crippen molar-refractivity contribution in [1.82, 2.24) is 10.2 Å². The molecule has 0 radical (unpaired) electrons. The summed E-state index contributed by atoms with van der Waals surface area (Å²) in [5.74, 6) is -0.109. The molecule has 0 aromatic heterocycles. The van der Waals surface area contributed by atoms with Gasteiger partial charge in [0.15, 0.2) is 0 Å². The molecule has 84 valence electrons. The van der Waals surface area contributed by atoms with E-state index in [1.165, 1.54) is 0 Å². The van der Waals surface area contributed by atoms with E-state index in [0.29, 0.717) is 6.54 Å². The largest absolute Gasteiger partial charge is 0.373 e. The average Bonchev–Trinajstić information content (AvgIpc) is 2.59. The lowest BCUT2D eigenvalue weighted by Gasteiger charge is -2.33. The molecule has 5 nitrogen and oxygen atoms in total. The van der Waals surface area contributed by atoms with Crippen LogP contribution in [0, 0.1) is 0 Å². The molecule has 15 heavy (non-hydrogen) atoms. The van der Waals surface area contributed by atoms with Crippen LogP contribution in [0.2, 0.25) is 0 Å². The van der Waals surface area contributed by atoms with Gasteiger partial charge in [0.05, 0.1) is 25.2 Å². The maximum atomic E-state index is 11.5. The zero-order valence-corrected chi connectivity index (χ0v) is 8.91. The predicted molar refractivity (Wildman–Crippen MR) is 53.2 cm³/mol. The SMILES string of the molecule is CC1(CN2CC(=O)NCC2=O)CCCO1. The van der Waals surface area contributed by atoms with Crippen LogP contribution < -0.4 is 5.32 Å². The Kier molecular flexibility index (Phi) is 2.65. The Morgan fingerprint density at radius 3 is 3.00 bits per heavy atom. The summed E-state index contributed by atoms with van der Waals surface area (Å²) in [5.41, 5.74) is -0.257. The second-order valence-electron chi connectivity index (χ2n) is 4.43. The number of carbonyl (C=O) groups is 2. The Balaban J connectivity index is 1.97. The van der Waals surface area contributed by atoms with Crippen LogP contribution >= 0.6 is 0 Å². The Hall–Kier alpha value is -1.10. The van der Waals surface area contributed by atoms with Gasteiger partial charge in [-0.15, -0.1) is 0 Å². The Morgan fingerprint density at radius 2 is 2.33 bits per heavy atom. The number of hydrogen-bond acceptors (Lipinski definition) is 3. The number of hydrogen-bond donors (Lipinski definition) is 1. The maximum Gasteiger partial charge on any atom is 0.242 e. The molecule has 0 bridgehead atoms. The highest BCUT2D eigenvalue weighted by Crippen LogP contribution is 2.26. The first kappa shape index (κ1) is 10.4. The zero-order chi connectivity index (χ0) is 10.9. The summed E-state index contributed by atoms with van der Waals surface area (Å²) in [6.07, 6.45) is 1.99. The molecule has 2 aliphatic heterocycles. The number of rotatable bonds is 2. The zero-order valence-electron chi connectivity index (χ0n) is 8.91. The van der Waals surface area contributed by atoms with Crippen LogP contribution in [0.15, 0.2) is 0 Å². The normalized spacial score (nSPS) is 31.9. The minimum Gasteiger partial charge on any atom is -0.373 e. The lowest BCUT2D eigenvalue weighted by atomic mass is 10.0. The first-order valence-corrected chi connectivity index (χ1v) is 5.27. The van der Waals surface area contributed by atoms with Crippen LogP contribution in [-0.4, -0.2) is 48.6 Å².